The highest BCUT2D eigenvalue weighted by Crippen LogP contribution is 2.31. The quantitative estimate of drug-likeness (QED) is 0.501. The second kappa shape index (κ2) is 6.88. The van der Waals surface area contributed by atoms with Crippen LogP contribution in [0.4, 0.5) is 0 Å². The van der Waals surface area contributed by atoms with Crippen LogP contribution in [0.2, 0.25) is 0 Å². The van der Waals surface area contributed by atoms with Gasteiger partial charge in [-0.1, -0.05) is 6.07 Å². The van der Waals surface area contributed by atoms with Crippen molar-refractivity contribution in [2.24, 2.45) is 0 Å². The molecular formula is C18H16O5S. The number of fused-ring (bicyclic) bond motifs is 1. The van der Waals surface area contributed by atoms with E-state index in [1.807, 2.05) is 13.8 Å². The topological polar surface area (TPSA) is 65.7 Å². The summed E-state index contributed by atoms with van der Waals surface area (Å²) in [6.45, 7) is 4.65. The molecule has 0 bridgehead atoms. The van der Waals surface area contributed by atoms with E-state index >= 15 is 0 Å². The van der Waals surface area contributed by atoms with Crippen molar-refractivity contribution in [2.75, 3.05) is 13.2 Å². The molecule has 3 aromatic rings. The van der Waals surface area contributed by atoms with E-state index in [1.165, 1.54) is 17.4 Å². The highest BCUT2D eigenvalue weighted by atomic mass is 32.1. The molecule has 5 nitrogen and oxygen atoms in total. The molecule has 0 saturated heterocycles. The molecule has 0 amide bonds. The van der Waals surface area contributed by atoms with E-state index in [0.717, 1.165) is 0 Å². The molecule has 6 heteroatoms. The van der Waals surface area contributed by atoms with Crippen LogP contribution in [-0.4, -0.2) is 19.0 Å². The van der Waals surface area contributed by atoms with E-state index in [1.54, 1.807) is 29.6 Å². The van der Waals surface area contributed by atoms with E-state index < -0.39 is 5.63 Å². The van der Waals surface area contributed by atoms with Crippen molar-refractivity contribution in [3.63, 3.8) is 0 Å². The predicted octanol–water partition coefficient (Wildman–Crippen LogP) is 3.88. The Morgan fingerprint density at radius 3 is 2.62 bits per heavy atom. The molecule has 2 aromatic heterocycles. The standard InChI is InChI=1S/C18H16O5S/c1-3-21-11-8-14(22-4-2)12-10-13(18(20)23-15(12)9-11)17(19)16-6-5-7-24-16/h5-10H,3-4H2,1-2H3. The Kier molecular flexibility index (Phi) is 4.66. The van der Waals surface area contributed by atoms with Crippen molar-refractivity contribution in [1.29, 1.82) is 0 Å². The molecule has 0 aliphatic rings. The van der Waals surface area contributed by atoms with Crippen LogP contribution in [0, 0.1) is 0 Å². The number of hydrogen-bond acceptors (Lipinski definition) is 6. The van der Waals surface area contributed by atoms with Gasteiger partial charge in [0.25, 0.3) is 0 Å². The highest BCUT2D eigenvalue weighted by molar-refractivity contribution is 7.12. The lowest BCUT2D eigenvalue weighted by Gasteiger charge is -2.11. The van der Waals surface area contributed by atoms with Crippen molar-refractivity contribution in [1.82, 2.24) is 0 Å². The number of hydrogen-bond donors (Lipinski definition) is 0. The molecule has 0 aliphatic carbocycles. The van der Waals surface area contributed by atoms with Crippen LogP contribution in [0.1, 0.15) is 29.1 Å². The summed E-state index contributed by atoms with van der Waals surface area (Å²) in [5.74, 6) is 0.716. The van der Waals surface area contributed by atoms with Gasteiger partial charge in [-0.2, -0.15) is 0 Å². The maximum atomic E-state index is 12.5. The van der Waals surface area contributed by atoms with Crippen molar-refractivity contribution in [2.45, 2.75) is 13.8 Å². The second-order valence-electron chi connectivity index (χ2n) is 4.95. The van der Waals surface area contributed by atoms with Gasteiger partial charge >= 0.3 is 5.63 Å². The summed E-state index contributed by atoms with van der Waals surface area (Å²) in [4.78, 5) is 25.2. The number of rotatable bonds is 6. The fourth-order valence-electron chi connectivity index (χ4n) is 2.39. The zero-order valence-electron chi connectivity index (χ0n) is 13.3. The van der Waals surface area contributed by atoms with Crippen molar-refractivity contribution in [3.05, 3.63) is 56.6 Å². The third kappa shape index (κ3) is 3.05. The van der Waals surface area contributed by atoms with E-state index in [0.29, 0.717) is 40.6 Å². The van der Waals surface area contributed by atoms with Crippen molar-refractivity contribution < 1.29 is 18.7 Å². The molecule has 3 rings (SSSR count). The van der Waals surface area contributed by atoms with Gasteiger partial charge in [-0.15, -0.1) is 11.3 Å². The van der Waals surface area contributed by atoms with Gasteiger partial charge in [0.15, 0.2) is 0 Å². The lowest BCUT2D eigenvalue weighted by molar-refractivity contribution is 0.103. The first-order chi connectivity index (χ1) is 11.6. The van der Waals surface area contributed by atoms with E-state index in [-0.39, 0.29) is 11.3 Å². The lowest BCUT2D eigenvalue weighted by atomic mass is 10.1. The molecule has 0 aliphatic heterocycles. The highest BCUT2D eigenvalue weighted by Gasteiger charge is 2.19. The van der Waals surface area contributed by atoms with E-state index in [2.05, 4.69) is 0 Å². The summed E-state index contributed by atoms with van der Waals surface area (Å²) in [5, 5.41) is 2.36. The number of benzene rings is 1. The zero-order chi connectivity index (χ0) is 17.1. The molecule has 0 saturated carbocycles. The van der Waals surface area contributed by atoms with Crippen LogP contribution in [-0.2, 0) is 0 Å². The minimum absolute atomic E-state index is 0.00457. The van der Waals surface area contributed by atoms with Gasteiger partial charge in [-0.05, 0) is 31.4 Å². The Balaban J connectivity index is 2.18. The van der Waals surface area contributed by atoms with Crippen LogP contribution in [0.5, 0.6) is 11.5 Å². The van der Waals surface area contributed by atoms with Crippen LogP contribution < -0.4 is 15.1 Å². The summed E-state index contributed by atoms with van der Waals surface area (Å²) in [6, 6.07) is 8.33. The minimum atomic E-state index is -0.669. The minimum Gasteiger partial charge on any atom is -0.494 e. The van der Waals surface area contributed by atoms with Gasteiger partial charge in [0, 0.05) is 12.1 Å². The molecule has 124 valence electrons. The summed E-state index contributed by atoms with van der Waals surface area (Å²) in [6.07, 6.45) is 0. The van der Waals surface area contributed by atoms with Gasteiger partial charge in [0.2, 0.25) is 5.78 Å². The van der Waals surface area contributed by atoms with Gasteiger partial charge in [0.05, 0.1) is 23.5 Å². The van der Waals surface area contributed by atoms with Gasteiger partial charge in [-0.3, -0.25) is 4.79 Å². The van der Waals surface area contributed by atoms with Crippen LogP contribution in [0.25, 0.3) is 11.0 Å². The summed E-state index contributed by atoms with van der Waals surface area (Å²) in [7, 11) is 0. The maximum absolute atomic E-state index is 12.5. The Bertz CT molecular complexity index is 924. The average molecular weight is 344 g/mol. The van der Waals surface area contributed by atoms with Gasteiger partial charge in [-0.25, -0.2) is 4.79 Å². The van der Waals surface area contributed by atoms with E-state index in [9.17, 15) is 9.59 Å². The third-order valence-corrected chi connectivity index (χ3v) is 4.26. The number of thiophene rings is 1. The lowest BCUT2D eigenvalue weighted by Crippen LogP contribution is -2.14. The van der Waals surface area contributed by atoms with Gasteiger partial charge in [0.1, 0.15) is 22.6 Å². The molecule has 2 heterocycles. The first-order valence-electron chi connectivity index (χ1n) is 7.59. The Hall–Kier alpha value is -2.60. The number of ether oxygens (including phenoxy) is 2. The Labute approximate surface area is 142 Å². The average Bonchev–Trinajstić information content (AvgIpc) is 3.08. The molecule has 0 unspecified atom stereocenters. The molecule has 0 spiro atoms. The number of carbonyl (C=O) groups excluding carboxylic acids is 1. The maximum Gasteiger partial charge on any atom is 0.347 e. The molecule has 0 atom stereocenters. The molecule has 1 aromatic carbocycles. The van der Waals surface area contributed by atoms with Gasteiger partial charge < -0.3 is 13.9 Å². The molecule has 0 N–H and O–H groups in total. The normalized spacial score (nSPS) is 10.8. The molecule has 0 fully saturated rings. The third-order valence-electron chi connectivity index (χ3n) is 3.39. The predicted molar refractivity (Wildman–Crippen MR) is 92.6 cm³/mol. The first-order valence-corrected chi connectivity index (χ1v) is 8.47. The van der Waals surface area contributed by atoms with Crippen LogP contribution >= 0.6 is 11.3 Å². The van der Waals surface area contributed by atoms with E-state index in [4.69, 9.17) is 13.9 Å². The van der Waals surface area contributed by atoms with Crippen molar-refractivity contribution >= 4 is 28.1 Å². The zero-order valence-corrected chi connectivity index (χ0v) is 14.1. The summed E-state index contributed by atoms with van der Waals surface area (Å²) >= 11 is 1.28. The first kappa shape index (κ1) is 16.3. The Morgan fingerprint density at radius 1 is 1.17 bits per heavy atom. The Morgan fingerprint density at radius 2 is 1.96 bits per heavy atom. The molecular weight excluding hydrogens is 328 g/mol. The summed E-state index contributed by atoms with van der Waals surface area (Å²) < 4.78 is 16.4. The van der Waals surface area contributed by atoms with Crippen molar-refractivity contribution in [3.8, 4) is 11.5 Å². The smallest absolute Gasteiger partial charge is 0.347 e. The second-order valence-corrected chi connectivity index (χ2v) is 5.90. The molecule has 0 radical (unpaired) electrons. The SMILES string of the molecule is CCOc1cc(OCC)c2cc(C(=O)c3cccs3)c(=O)oc2c1. The van der Waals surface area contributed by atoms with Crippen LogP contribution in [0.15, 0.2) is 44.9 Å². The van der Waals surface area contributed by atoms with Crippen LogP contribution in [0.3, 0.4) is 0 Å². The monoisotopic (exact) mass is 344 g/mol. The fourth-order valence-corrected chi connectivity index (χ4v) is 3.06. The summed E-state index contributed by atoms with van der Waals surface area (Å²) in [5.41, 5.74) is -0.343. The number of carbonyl (C=O) groups is 1. The molecule has 24 heavy (non-hydrogen) atoms. The fraction of sp³-hybridized carbons (Fsp3) is 0.222. The largest absolute Gasteiger partial charge is 0.494 e. The number of ketones is 1.